The van der Waals surface area contributed by atoms with E-state index in [1.807, 2.05) is 0 Å². The van der Waals surface area contributed by atoms with Gasteiger partial charge in [0.05, 0.1) is 5.75 Å². The summed E-state index contributed by atoms with van der Waals surface area (Å²) in [6, 6.07) is 12.9. The van der Waals surface area contributed by atoms with Crippen LogP contribution in [0.25, 0.3) is 0 Å². The first-order chi connectivity index (χ1) is 14.0. The smallest absolute Gasteiger partial charge is 0.251 e. The van der Waals surface area contributed by atoms with Gasteiger partial charge >= 0.3 is 0 Å². The molecule has 0 bridgehead atoms. The van der Waals surface area contributed by atoms with Crippen LogP contribution in [0.5, 0.6) is 0 Å². The molecule has 150 valence electrons. The summed E-state index contributed by atoms with van der Waals surface area (Å²) < 4.78 is 14.6. The maximum Gasteiger partial charge on any atom is 0.251 e. The molecule has 0 spiro atoms. The van der Waals surface area contributed by atoms with Crippen LogP contribution in [0.1, 0.15) is 15.9 Å². The first-order valence-electron chi connectivity index (χ1n) is 8.90. The van der Waals surface area contributed by atoms with Crippen LogP contribution < -0.4 is 10.6 Å². The number of aryl methyl sites for hydroxylation is 1. The summed E-state index contributed by atoms with van der Waals surface area (Å²) in [6.07, 6.45) is 2.17. The number of amides is 2. The third kappa shape index (κ3) is 6.15. The minimum absolute atomic E-state index is 0.181. The number of nitrogens with one attached hydrogen (secondary N) is 2. The second-order valence-corrected chi connectivity index (χ2v) is 7.22. The summed E-state index contributed by atoms with van der Waals surface area (Å²) in [5.41, 5.74) is 1.93. The molecule has 7 nitrogen and oxygen atoms in total. The monoisotopic (exact) mass is 413 g/mol. The van der Waals surface area contributed by atoms with Crippen LogP contribution in [-0.2, 0) is 18.3 Å². The van der Waals surface area contributed by atoms with E-state index in [1.165, 1.54) is 23.9 Å². The third-order valence-electron chi connectivity index (χ3n) is 4.02. The predicted molar refractivity (Wildman–Crippen MR) is 109 cm³/mol. The van der Waals surface area contributed by atoms with Crippen molar-refractivity contribution in [1.82, 2.24) is 20.1 Å². The van der Waals surface area contributed by atoms with Gasteiger partial charge in [-0.2, -0.15) is 0 Å². The van der Waals surface area contributed by atoms with Gasteiger partial charge in [0.25, 0.3) is 5.91 Å². The maximum absolute atomic E-state index is 12.9. The highest BCUT2D eigenvalue weighted by Gasteiger charge is 2.10. The molecule has 0 fully saturated rings. The molecule has 9 heteroatoms. The summed E-state index contributed by atoms with van der Waals surface area (Å²) in [4.78, 5) is 24.5. The molecule has 1 aromatic heterocycles. The predicted octanol–water partition coefficient (Wildman–Crippen LogP) is 2.66. The molecule has 0 saturated carbocycles. The molecule has 2 N–H and O–H groups in total. The van der Waals surface area contributed by atoms with E-state index in [0.29, 0.717) is 29.4 Å². The molecule has 0 saturated heterocycles. The molecule has 0 unspecified atom stereocenters. The number of halogens is 1. The van der Waals surface area contributed by atoms with Gasteiger partial charge in [-0.1, -0.05) is 30.0 Å². The van der Waals surface area contributed by atoms with Gasteiger partial charge in [0.2, 0.25) is 5.91 Å². The highest BCUT2D eigenvalue weighted by molar-refractivity contribution is 7.99. The van der Waals surface area contributed by atoms with Gasteiger partial charge in [-0.15, -0.1) is 10.2 Å². The molecule has 0 radical (unpaired) electrons. The molecule has 0 aliphatic rings. The zero-order valence-electron chi connectivity index (χ0n) is 15.8. The number of hydrogen-bond donors (Lipinski definition) is 2. The van der Waals surface area contributed by atoms with Crippen molar-refractivity contribution in [2.24, 2.45) is 7.05 Å². The lowest BCUT2D eigenvalue weighted by molar-refractivity contribution is -0.113. The van der Waals surface area contributed by atoms with E-state index in [-0.39, 0.29) is 23.4 Å². The zero-order chi connectivity index (χ0) is 20.6. The molecule has 0 atom stereocenters. The van der Waals surface area contributed by atoms with Crippen molar-refractivity contribution in [2.45, 2.75) is 11.6 Å². The summed E-state index contributed by atoms with van der Waals surface area (Å²) in [5, 5.41) is 13.9. The summed E-state index contributed by atoms with van der Waals surface area (Å²) in [5.74, 6) is -0.546. The van der Waals surface area contributed by atoms with Gasteiger partial charge in [0.1, 0.15) is 12.1 Å². The standard InChI is InChI=1S/C20H20FN5O2S/c1-26-13-23-25-20(26)29-12-18(27)24-17-4-2-3-15(11-17)19(28)22-10-9-14-5-7-16(21)8-6-14/h2-8,11,13H,9-10,12H2,1H3,(H,22,28)(H,24,27). The zero-order valence-corrected chi connectivity index (χ0v) is 16.6. The number of nitrogens with zero attached hydrogens (tertiary/aromatic N) is 3. The first-order valence-corrected chi connectivity index (χ1v) is 9.89. The van der Waals surface area contributed by atoms with Crippen molar-refractivity contribution >= 4 is 29.3 Å². The second-order valence-electron chi connectivity index (χ2n) is 6.27. The lowest BCUT2D eigenvalue weighted by atomic mass is 10.1. The Bertz CT molecular complexity index is 991. The Labute approximate surface area is 171 Å². The van der Waals surface area contributed by atoms with Crippen LogP contribution in [0.15, 0.2) is 60.0 Å². The Kier molecular flexibility index (Phi) is 6.96. The summed E-state index contributed by atoms with van der Waals surface area (Å²) in [7, 11) is 1.80. The Morgan fingerprint density at radius 1 is 1.17 bits per heavy atom. The molecule has 2 amide bonds. The van der Waals surface area contributed by atoms with Gasteiger partial charge in [-0.25, -0.2) is 4.39 Å². The van der Waals surface area contributed by atoms with Crippen molar-refractivity contribution in [3.63, 3.8) is 0 Å². The number of benzene rings is 2. The molecular formula is C20H20FN5O2S. The van der Waals surface area contributed by atoms with Gasteiger partial charge in [0, 0.05) is 24.8 Å². The Hall–Kier alpha value is -3.20. The van der Waals surface area contributed by atoms with Crippen molar-refractivity contribution in [1.29, 1.82) is 0 Å². The fourth-order valence-corrected chi connectivity index (χ4v) is 3.23. The van der Waals surface area contributed by atoms with Crippen LogP contribution in [-0.4, -0.2) is 38.9 Å². The van der Waals surface area contributed by atoms with E-state index in [0.717, 1.165) is 5.56 Å². The third-order valence-corrected chi connectivity index (χ3v) is 5.06. The minimum atomic E-state index is -0.286. The molecule has 2 aromatic carbocycles. The molecule has 29 heavy (non-hydrogen) atoms. The van der Waals surface area contributed by atoms with Gasteiger partial charge in [-0.05, 0) is 42.3 Å². The topological polar surface area (TPSA) is 88.9 Å². The number of thioether (sulfide) groups is 1. The van der Waals surface area contributed by atoms with Crippen LogP contribution in [0.2, 0.25) is 0 Å². The molecule has 1 heterocycles. The molecular weight excluding hydrogens is 393 g/mol. The molecule has 0 aliphatic carbocycles. The molecule has 0 aliphatic heterocycles. The second kappa shape index (κ2) is 9.83. The lowest BCUT2D eigenvalue weighted by Crippen LogP contribution is -2.25. The number of hydrogen-bond acceptors (Lipinski definition) is 5. The summed E-state index contributed by atoms with van der Waals surface area (Å²) in [6.45, 7) is 0.426. The number of rotatable bonds is 8. The van der Waals surface area contributed by atoms with Crippen molar-refractivity contribution in [2.75, 3.05) is 17.6 Å². The normalized spacial score (nSPS) is 10.6. The summed E-state index contributed by atoms with van der Waals surface area (Å²) >= 11 is 1.28. The average Bonchev–Trinajstić information content (AvgIpc) is 3.13. The lowest BCUT2D eigenvalue weighted by Gasteiger charge is -2.08. The Morgan fingerprint density at radius 3 is 2.69 bits per heavy atom. The number of carbonyl (C=O) groups excluding carboxylic acids is 2. The largest absolute Gasteiger partial charge is 0.352 e. The number of anilines is 1. The van der Waals surface area contributed by atoms with Crippen molar-refractivity contribution in [3.8, 4) is 0 Å². The number of carbonyl (C=O) groups is 2. The van der Waals surface area contributed by atoms with Crippen LogP contribution in [0.4, 0.5) is 10.1 Å². The SMILES string of the molecule is Cn1cnnc1SCC(=O)Nc1cccc(C(=O)NCCc2ccc(F)cc2)c1. The van der Waals surface area contributed by atoms with Crippen molar-refractivity contribution < 1.29 is 14.0 Å². The maximum atomic E-state index is 12.9. The van der Waals surface area contributed by atoms with Crippen LogP contribution in [0, 0.1) is 5.82 Å². The van der Waals surface area contributed by atoms with E-state index < -0.39 is 0 Å². The molecule has 3 rings (SSSR count). The number of aromatic nitrogens is 3. The average molecular weight is 413 g/mol. The Balaban J connectivity index is 1.48. The van der Waals surface area contributed by atoms with E-state index >= 15 is 0 Å². The Morgan fingerprint density at radius 2 is 1.97 bits per heavy atom. The van der Waals surface area contributed by atoms with E-state index in [9.17, 15) is 14.0 Å². The first kappa shape index (κ1) is 20.5. The molecule has 3 aromatic rings. The van der Waals surface area contributed by atoms with E-state index in [4.69, 9.17) is 0 Å². The minimum Gasteiger partial charge on any atom is -0.352 e. The van der Waals surface area contributed by atoms with Gasteiger partial charge in [0.15, 0.2) is 5.16 Å². The van der Waals surface area contributed by atoms with Gasteiger partial charge < -0.3 is 15.2 Å². The van der Waals surface area contributed by atoms with Crippen LogP contribution >= 0.6 is 11.8 Å². The van der Waals surface area contributed by atoms with Crippen LogP contribution in [0.3, 0.4) is 0 Å². The van der Waals surface area contributed by atoms with Crippen molar-refractivity contribution in [3.05, 3.63) is 71.8 Å². The fraction of sp³-hybridized carbons (Fsp3) is 0.200. The van der Waals surface area contributed by atoms with E-state index in [1.54, 1.807) is 54.3 Å². The highest BCUT2D eigenvalue weighted by Crippen LogP contribution is 2.15. The van der Waals surface area contributed by atoms with E-state index in [2.05, 4.69) is 20.8 Å². The fourth-order valence-electron chi connectivity index (χ4n) is 2.54. The van der Waals surface area contributed by atoms with Gasteiger partial charge in [-0.3, -0.25) is 9.59 Å². The highest BCUT2D eigenvalue weighted by atomic mass is 32.2. The quantitative estimate of drug-likeness (QED) is 0.554.